The molecular formula is C24H23ClF5N7O4. The number of hydrogen-bond donors (Lipinski definition) is 3. The molecule has 2 aromatic heterocycles. The zero-order valence-electron chi connectivity index (χ0n) is 21.3. The van der Waals surface area contributed by atoms with Crippen LogP contribution < -0.4 is 16.4 Å². The Morgan fingerprint density at radius 1 is 1.22 bits per heavy atom. The van der Waals surface area contributed by atoms with Crippen LogP contribution in [0.4, 0.5) is 32.4 Å². The Morgan fingerprint density at radius 3 is 2.54 bits per heavy atom. The van der Waals surface area contributed by atoms with Gasteiger partial charge in [0.1, 0.15) is 6.04 Å². The molecule has 0 bridgehead atoms. The van der Waals surface area contributed by atoms with Crippen LogP contribution in [0.3, 0.4) is 0 Å². The van der Waals surface area contributed by atoms with E-state index in [2.05, 4.69) is 25.5 Å². The Labute approximate surface area is 233 Å². The van der Waals surface area contributed by atoms with E-state index < -0.39 is 53.7 Å². The van der Waals surface area contributed by atoms with Crippen molar-refractivity contribution in [2.45, 2.75) is 37.4 Å². The van der Waals surface area contributed by atoms with E-state index in [1.54, 1.807) is 0 Å². The predicted molar refractivity (Wildman–Crippen MR) is 135 cm³/mol. The Bertz CT molecular complexity index is 1490. The van der Waals surface area contributed by atoms with Gasteiger partial charge in [0.25, 0.3) is 17.7 Å². The lowest BCUT2D eigenvalue weighted by atomic mass is 10.2. The summed E-state index contributed by atoms with van der Waals surface area (Å²) in [4.78, 5) is 39.7. The number of alkyl halides is 5. The zero-order valence-corrected chi connectivity index (χ0v) is 22.0. The van der Waals surface area contributed by atoms with Crippen LogP contribution in [0.25, 0.3) is 11.3 Å². The first kappa shape index (κ1) is 29.8. The molecule has 17 heteroatoms. The molecule has 4 N–H and O–H groups in total. The summed E-state index contributed by atoms with van der Waals surface area (Å²) in [5, 5.41) is 8.51. The molecule has 3 amide bonds. The summed E-state index contributed by atoms with van der Waals surface area (Å²) in [6, 6.07) is 2.59. The van der Waals surface area contributed by atoms with Gasteiger partial charge in [0, 0.05) is 31.9 Å². The number of primary amides is 1. The van der Waals surface area contributed by atoms with Gasteiger partial charge < -0.3 is 25.7 Å². The molecule has 0 saturated heterocycles. The number of nitrogens with one attached hydrogen (secondary N) is 2. The minimum atomic E-state index is -4.94. The molecule has 1 atom stereocenters. The van der Waals surface area contributed by atoms with Crippen LogP contribution in [-0.4, -0.2) is 56.3 Å². The number of nitrogens with zero attached hydrogens (tertiary/aromatic N) is 4. The molecule has 3 aromatic rings. The standard InChI is InChI=1S/C24H23ClF5N7O4/c1-36-16(14-11-37(17-9-23(17,26)27)35-18(14)24(28,29)30)10-33-19(36)21(39)34-12-4-5-13(15(25)8-12)20(38)32-6-2-3-7-41-22(31)40/h4-5,8,10-11,17H,2-3,6-7,9H2,1H3,(H2,31,40)(H,32,38)(H,34,39). The Morgan fingerprint density at radius 2 is 1.93 bits per heavy atom. The molecule has 1 aliphatic carbocycles. The quantitative estimate of drug-likeness (QED) is 0.231. The maximum atomic E-state index is 13.6. The van der Waals surface area contributed by atoms with Crippen molar-refractivity contribution >= 4 is 35.2 Å². The largest absolute Gasteiger partial charge is 0.450 e. The minimum absolute atomic E-state index is 0.0111. The van der Waals surface area contributed by atoms with Gasteiger partial charge in [0.15, 0.2) is 11.5 Å². The summed E-state index contributed by atoms with van der Waals surface area (Å²) < 4.78 is 74.1. The second-order valence-electron chi connectivity index (χ2n) is 9.16. The van der Waals surface area contributed by atoms with E-state index in [1.807, 2.05) is 0 Å². The Kier molecular flexibility index (Phi) is 8.24. The summed E-state index contributed by atoms with van der Waals surface area (Å²) in [7, 11) is 1.29. The first-order chi connectivity index (χ1) is 19.2. The lowest BCUT2D eigenvalue weighted by molar-refractivity contribution is -0.141. The first-order valence-corrected chi connectivity index (χ1v) is 12.4. The van der Waals surface area contributed by atoms with E-state index in [4.69, 9.17) is 17.3 Å². The number of carbonyl (C=O) groups excluding carboxylic acids is 3. The third-order valence-electron chi connectivity index (χ3n) is 6.15. The number of aromatic nitrogens is 4. The van der Waals surface area contributed by atoms with Gasteiger partial charge in [-0.3, -0.25) is 14.3 Å². The number of amides is 3. The van der Waals surface area contributed by atoms with Crippen molar-refractivity contribution < 1.29 is 41.1 Å². The van der Waals surface area contributed by atoms with Gasteiger partial charge in [0.2, 0.25) is 0 Å². The van der Waals surface area contributed by atoms with E-state index in [9.17, 15) is 36.3 Å². The van der Waals surface area contributed by atoms with Crippen LogP contribution in [0.5, 0.6) is 0 Å². The Hall–Kier alpha value is -4.21. The molecule has 220 valence electrons. The van der Waals surface area contributed by atoms with E-state index >= 15 is 0 Å². The number of rotatable bonds is 10. The summed E-state index contributed by atoms with van der Waals surface area (Å²) >= 11 is 6.21. The molecule has 41 heavy (non-hydrogen) atoms. The monoisotopic (exact) mass is 603 g/mol. The topological polar surface area (TPSA) is 146 Å². The van der Waals surface area contributed by atoms with Crippen LogP contribution in [0.15, 0.2) is 30.6 Å². The number of halogens is 6. The van der Waals surface area contributed by atoms with Gasteiger partial charge in [-0.25, -0.2) is 18.6 Å². The zero-order chi connectivity index (χ0) is 30.1. The third kappa shape index (κ3) is 6.75. The maximum absolute atomic E-state index is 13.6. The number of benzene rings is 1. The van der Waals surface area contributed by atoms with Gasteiger partial charge in [-0.2, -0.15) is 18.3 Å². The molecule has 1 aliphatic rings. The molecule has 0 aliphatic heterocycles. The van der Waals surface area contributed by atoms with Gasteiger partial charge in [-0.05, 0) is 31.0 Å². The fourth-order valence-electron chi connectivity index (χ4n) is 3.97. The predicted octanol–water partition coefficient (Wildman–Crippen LogP) is 4.39. The molecule has 4 rings (SSSR count). The number of nitrogens with two attached hydrogens (primary N) is 1. The highest BCUT2D eigenvalue weighted by Crippen LogP contribution is 2.53. The summed E-state index contributed by atoms with van der Waals surface area (Å²) in [6.45, 7) is 0.389. The number of anilines is 1. The number of unbranched alkanes of at least 4 members (excludes halogenated alkanes) is 1. The van der Waals surface area contributed by atoms with Crippen LogP contribution in [0.2, 0.25) is 5.02 Å². The lowest BCUT2D eigenvalue weighted by Crippen LogP contribution is -2.25. The SMILES string of the molecule is Cn1c(-c2cn(C3CC3(F)F)nc2C(F)(F)F)cnc1C(=O)Nc1ccc(C(=O)NCCCCOC(N)=O)c(Cl)c1. The van der Waals surface area contributed by atoms with Crippen LogP contribution in [-0.2, 0) is 18.0 Å². The molecule has 1 unspecified atom stereocenters. The number of imidazole rings is 1. The van der Waals surface area contributed by atoms with E-state index in [1.165, 1.54) is 25.2 Å². The Balaban J connectivity index is 1.44. The summed E-state index contributed by atoms with van der Waals surface area (Å²) in [5.41, 5.74) is 3.10. The van der Waals surface area contributed by atoms with Gasteiger partial charge in [-0.1, -0.05) is 11.6 Å². The van der Waals surface area contributed by atoms with Crippen molar-refractivity contribution in [3.63, 3.8) is 0 Å². The smallest absolute Gasteiger partial charge is 0.435 e. The highest BCUT2D eigenvalue weighted by Gasteiger charge is 2.59. The molecular weight excluding hydrogens is 581 g/mol. The van der Waals surface area contributed by atoms with Crippen molar-refractivity contribution in [2.75, 3.05) is 18.5 Å². The van der Waals surface area contributed by atoms with Crippen LogP contribution in [0.1, 0.15) is 52.0 Å². The van der Waals surface area contributed by atoms with Crippen molar-refractivity contribution in [1.29, 1.82) is 0 Å². The summed E-state index contributed by atoms with van der Waals surface area (Å²) in [5.74, 6) is -4.72. The lowest BCUT2D eigenvalue weighted by Gasteiger charge is -2.10. The summed E-state index contributed by atoms with van der Waals surface area (Å²) in [6.07, 6.45) is -3.59. The average molecular weight is 604 g/mol. The highest BCUT2D eigenvalue weighted by molar-refractivity contribution is 6.34. The minimum Gasteiger partial charge on any atom is -0.450 e. The number of hydrogen-bond acceptors (Lipinski definition) is 6. The normalized spacial score (nSPS) is 15.8. The van der Waals surface area contributed by atoms with Crippen molar-refractivity contribution in [2.24, 2.45) is 12.8 Å². The van der Waals surface area contributed by atoms with Crippen LogP contribution in [0, 0.1) is 0 Å². The second-order valence-corrected chi connectivity index (χ2v) is 9.56. The van der Waals surface area contributed by atoms with Crippen molar-refractivity contribution in [1.82, 2.24) is 24.6 Å². The molecule has 1 saturated carbocycles. The van der Waals surface area contributed by atoms with Crippen molar-refractivity contribution in [3.05, 3.63) is 52.7 Å². The van der Waals surface area contributed by atoms with Crippen molar-refractivity contribution in [3.8, 4) is 11.3 Å². The van der Waals surface area contributed by atoms with E-state index in [-0.39, 0.29) is 40.9 Å². The molecule has 1 fully saturated rings. The van der Waals surface area contributed by atoms with E-state index in [0.29, 0.717) is 17.5 Å². The van der Waals surface area contributed by atoms with Gasteiger partial charge in [-0.15, -0.1) is 0 Å². The van der Waals surface area contributed by atoms with Gasteiger partial charge in [0.05, 0.1) is 34.6 Å². The first-order valence-electron chi connectivity index (χ1n) is 12.1. The molecule has 2 heterocycles. The highest BCUT2D eigenvalue weighted by atomic mass is 35.5. The fourth-order valence-corrected chi connectivity index (χ4v) is 4.23. The van der Waals surface area contributed by atoms with Crippen LogP contribution >= 0.6 is 11.6 Å². The number of carbonyl (C=O) groups is 3. The third-order valence-corrected chi connectivity index (χ3v) is 6.47. The van der Waals surface area contributed by atoms with E-state index in [0.717, 1.165) is 17.0 Å². The molecule has 11 nitrogen and oxygen atoms in total. The second kappa shape index (κ2) is 11.3. The number of ether oxygens (including phenoxy) is 1. The molecule has 1 aromatic carbocycles. The average Bonchev–Trinajstić information content (AvgIpc) is 3.18. The molecule has 0 spiro atoms. The van der Waals surface area contributed by atoms with Gasteiger partial charge >= 0.3 is 12.3 Å². The molecule has 0 radical (unpaired) electrons. The fraction of sp³-hybridized carbons (Fsp3) is 0.375. The maximum Gasteiger partial charge on any atom is 0.435 e.